The number of cyclic esters (lactones) is 1. The minimum absolute atomic E-state index is 0.0448. The maximum absolute atomic E-state index is 13.4. The van der Waals surface area contributed by atoms with Crippen LogP contribution in [0, 0.1) is 10.8 Å². The number of fused-ring (bicyclic) bond motifs is 6. The number of methoxy groups -OCH3 is 2. The summed E-state index contributed by atoms with van der Waals surface area (Å²) in [6.45, 7) is 9.92. The lowest BCUT2D eigenvalue weighted by Gasteiger charge is -2.53. The molecule has 4 aliphatic heterocycles. The summed E-state index contributed by atoms with van der Waals surface area (Å²) in [5, 5.41) is 58.3. The van der Waals surface area contributed by atoms with Crippen LogP contribution in [-0.2, 0) is 52.3 Å². The topological polar surface area (TPSA) is 234 Å². The van der Waals surface area contributed by atoms with Gasteiger partial charge in [0.05, 0.1) is 63.4 Å². The third-order valence-corrected chi connectivity index (χ3v) is 12.1. The zero-order valence-electron chi connectivity index (χ0n) is 36.6. The normalized spacial score (nSPS) is 37.1. The monoisotopic (exact) mass is 862 g/mol. The molecule has 0 radical (unpaired) electrons. The summed E-state index contributed by atoms with van der Waals surface area (Å²) in [7, 11) is 2.41. The lowest BCUT2D eigenvalue weighted by Crippen LogP contribution is -2.62. The molecule has 0 saturated carbocycles. The number of aliphatic hydroxyl groups excluding tert-OH is 3. The van der Waals surface area contributed by atoms with Crippen LogP contribution in [0.2, 0.25) is 0 Å². The van der Waals surface area contributed by atoms with Gasteiger partial charge in [0.25, 0.3) is 0 Å². The first-order valence-corrected chi connectivity index (χ1v) is 21.0. The molecule has 6 bridgehead atoms. The average molecular weight is 863 g/mol. The lowest BCUT2D eigenvalue weighted by atomic mass is 9.70. The van der Waals surface area contributed by atoms with Gasteiger partial charge in [-0.25, -0.2) is 14.4 Å². The quantitative estimate of drug-likeness (QED) is 0.0770. The lowest BCUT2D eigenvalue weighted by molar-refractivity contribution is -0.348. The van der Waals surface area contributed by atoms with E-state index in [4.69, 9.17) is 33.2 Å². The van der Waals surface area contributed by atoms with Gasteiger partial charge in [-0.2, -0.15) is 0 Å². The molecular weight excluding hydrogens is 796 g/mol. The Balaban J connectivity index is 1.87. The molecule has 11 atom stereocenters. The average Bonchev–Trinajstić information content (AvgIpc) is 3.16. The van der Waals surface area contributed by atoms with Crippen LogP contribution in [0.3, 0.4) is 0 Å². The van der Waals surface area contributed by atoms with Gasteiger partial charge in [-0.1, -0.05) is 77.0 Å². The molecule has 0 amide bonds. The van der Waals surface area contributed by atoms with Gasteiger partial charge >= 0.3 is 23.9 Å². The van der Waals surface area contributed by atoms with Crippen molar-refractivity contribution < 1.29 is 77.9 Å². The molecule has 0 spiro atoms. The number of aliphatic hydroxyl groups is 5. The van der Waals surface area contributed by atoms with Crippen molar-refractivity contribution >= 4 is 23.9 Å². The molecule has 3 fully saturated rings. The molecule has 5 N–H and O–H groups in total. The molecule has 0 aromatic carbocycles. The fourth-order valence-electron chi connectivity index (χ4n) is 8.20. The van der Waals surface area contributed by atoms with E-state index in [2.05, 4.69) is 0 Å². The van der Waals surface area contributed by atoms with Crippen molar-refractivity contribution in [3.63, 3.8) is 0 Å². The van der Waals surface area contributed by atoms with Crippen LogP contribution in [0.25, 0.3) is 0 Å². The highest BCUT2D eigenvalue weighted by Gasteiger charge is 2.59. The van der Waals surface area contributed by atoms with Crippen LogP contribution >= 0.6 is 0 Å². The van der Waals surface area contributed by atoms with Gasteiger partial charge in [0.15, 0.2) is 11.9 Å². The third-order valence-electron chi connectivity index (χ3n) is 12.1. The number of esters is 4. The predicted molar refractivity (Wildman–Crippen MR) is 219 cm³/mol. The highest BCUT2D eigenvalue weighted by molar-refractivity contribution is 5.84. The van der Waals surface area contributed by atoms with Gasteiger partial charge in [-0.15, -0.1) is 0 Å². The van der Waals surface area contributed by atoms with Crippen LogP contribution in [0.5, 0.6) is 0 Å². The van der Waals surface area contributed by atoms with Crippen molar-refractivity contribution in [3.05, 3.63) is 59.8 Å². The smallest absolute Gasteiger partial charge is 0.331 e. The Hall–Kier alpha value is -3.74. The van der Waals surface area contributed by atoms with Gasteiger partial charge in [-0.05, 0) is 38.2 Å². The molecule has 0 aliphatic carbocycles. The van der Waals surface area contributed by atoms with Crippen LogP contribution in [0.1, 0.15) is 106 Å². The van der Waals surface area contributed by atoms with E-state index in [0.29, 0.717) is 5.57 Å². The van der Waals surface area contributed by atoms with E-state index in [-0.39, 0.29) is 50.5 Å². The Labute approximate surface area is 358 Å². The first-order chi connectivity index (χ1) is 28.6. The molecule has 4 heterocycles. The molecule has 16 heteroatoms. The second-order valence-electron chi connectivity index (χ2n) is 17.7. The second kappa shape index (κ2) is 21.1. The number of allylic oxidation sites excluding steroid dienone is 3. The molecule has 0 aromatic heterocycles. The summed E-state index contributed by atoms with van der Waals surface area (Å²) in [5.41, 5.74) is -2.00. The van der Waals surface area contributed by atoms with Crippen molar-refractivity contribution in [3.8, 4) is 0 Å². The van der Waals surface area contributed by atoms with Gasteiger partial charge in [-0.3, -0.25) is 4.79 Å². The second-order valence-corrected chi connectivity index (χ2v) is 17.7. The number of rotatable bonds is 8. The fourth-order valence-corrected chi connectivity index (χ4v) is 8.20. The minimum atomic E-state index is -2.45. The summed E-state index contributed by atoms with van der Waals surface area (Å²) in [5.74, 6) is -7.61. The minimum Gasteiger partial charge on any atom is -0.466 e. The van der Waals surface area contributed by atoms with Crippen molar-refractivity contribution in [2.75, 3.05) is 14.2 Å². The van der Waals surface area contributed by atoms with E-state index in [1.54, 1.807) is 45.9 Å². The van der Waals surface area contributed by atoms with Gasteiger partial charge < -0.3 is 58.7 Å². The van der Waals surface area contributed by atoms with Crippen molar-refractivity contribution in [2.24, 2.45) is 10.8 Å². The van der Waals surface area contributed by atoms with Crippen molar-refractivity contribution in [2.45, 2.75) is 172 Å². The fraction of sp³-hybridized carbons (Fsp3) is 0.689. The highest BCUT2D eigenvalue weighted by atomic mass is 16.7. The van der Waals surface area contributed by atoms with E-state index in [0.717, 1.165) is 18.9 Å². The summed E-state index contributed by atoms with van der Waals surface area (Å²) in [6.07, 6.45) is 2.75. The molecule has 4 aliphatic rings. The molecule has 3 saturated heterocycles. The van der Waals surface area contributed by atoms with Gasteiger partial charge in [0.1, 0.15) is 6.10 Å². The van der Waals surface area contributed by atoms with E-state index >= 15 is 0 Å². The van der Waals surface area contributed by atoms with E-state index < -0.39 is 108 Å². The number of carbonyl (C=O) groups excluding carboxylic acids is 4. The number of hydrogen-bond donors (Lipinski definition) is 5. The summed E-state index contributed by atoms with van der Waals surface area (Å²) < 4.78 is 40.7. The van der Waals surface area contributed by atoms with Crippen LogP contribution < -0.4 is 0 Å². The Bertz CT molecular complexity index is 1710. The number of unbranched alkanes of at least 4 members (excludes halogenated alkanes) is 1. The molecular formula is C45H66O16. The standard InChI is InChI=1S/C45H66O16/c1-9-10-11-12-13-14-37(49)59-41-29(21-39(51)56-8)20-32-24-35(27(2)46)58-40(52)23-30(47)22-33-25-36(48)43(5,6)44(53,60-33)26-34-18-28(19-38(50)55-7)17-31(57-34)15-16-42(3,4)45(41,54)61-32/h11-16,19,21,27,30-36,41,46-48,53-54H,9-10,17-18,20,22-26H2,1-8H3/b12-11+,14-13+,16-15-,28-19+,29-21?/t27-,30-,31+,32+,33-,34+,35-,36+,41+,44+,45-/m1/s1. The van der Waals surface area contributed by atoms with Crippen LogP contribution in [-0.4, -0.2) is 130 Å². The molecule has 0 aromatic rings. The van der Waals surface area contributed by atoms with Crippen LogP contribution in [0.4, 0.5) is 0 Å². The van der Waals surface area contributed by atoms with Crippen molar-refractivity contribution in [1.29, 1.82) is 0 Å². The molecule has 16 nitrogen and oxygen atoms in total. The molecule has 342 valence electrons. The Morgan fingerprint density at radius 2 is 1.57 bits per heavy atom. The number of carbonyl (C=O) groups is 4. The largest absolute Gasteiger partial charge is 0.466 e. The van der Waals surface area contributed by atoms with Gasteiger partial charge in [0, 0.05) is 54.7 Å². The highest BCUT2D eigenvalue weighted by Crippen LogP contribution is 2.49. The summed E-state index contributed by atoms with van der Waals surface area (Å²) in [6, 6.07) is 0. The zero-order chi connectivity index (χ0) is 45.3. The molecule has 0 unspecified atom stereocenters. The Morgan fingerprint density at radius 1 is 0.885 bits per heavy atom. The van der Waals surface area contributed by atoms with Crippen molar-refractivity contribution in [1.82, 2.24) is 0 Å². The van der Waals surface area contributed by atoms with E-state index in [9.17, 15) is 44.7 Å². The summed E-state index contributed by atoms with van der Waals surface area (Å²) >= 11 is 0. The summed E-state index contributed by atoms with van der Waals surface area (Å²) in [4.78, 5) is 52.0. The predicted octanol–water partition coefficient (Wildman–Crippen LogP) is 3.71. The number of hydrogen-bond acceptors (Lipinski definition) is 16. The zero-order valence-corrected chi connectivity index (χ0v) is 36.6. The number of ether oxygens (including phenoxy) is 7. The third kappa shape index (κ3) is 12.7. The maximum Gasteiger partial charge on any atom is 0.331 e. The maximum atomic E-state index is 13.4. The Morgan fingerprint density at radius 3 is 2.23 bits per heavy atom. The first kappa shape index (κ1) is 49.9. The first-order valence-electron chi connectivity index (χ1n) is 21.0. The Kier molecular flexibility index (Phi) is 17.3. The van der Waals surface area contributed by atoms with E-state index in [1.807, 2.05) is 13.0 Å². The van der Waals surface area contributed by atoms with E-state index in [1.165, 1.54) is 39.4 Å². The van der Waals surface area contributed by atoms with Crippen LogP contribution in [0.15, 0.2) is 59.8 Å². The molecule has 4 rings (SSSR count). The molecule has 61 heavy (non-hydrogen) atoms. The SMILES string of the molecule is CCC/C=C/C=C/C(=O)O[C@H]1C(=CC(=O)OC)C[C@H]2C[C@H]([C@@H](C)O)OC(=O)C[C@H](O)C[C@@H]3C[C@H](O)C(C)(C)[C@](O)(C[C@@H]4C/C(=C/C(=O)OC)C[C@H](/C=C\C(C)(C)[C@]1(O)O2)O4)O3. The van der Waals surface area contributed by atoms with Gasteiger partial charge in [0.2, 0.25) is 5.79 Å².